The minimum absolute atomic E-state index is 0.0621. The number of aliphatic hydroxyl groups is 1. The Morgan fingerprint density at radius 1 is 1.43 bits per heavy atom. The van der Waals surface area contributed by atoms with Crippen LogP contribution in [0.5, 0.6) is 0 Å². The molecular formula is C17H22FNO2. The van der Waals surface area contributed by atoms with Gasteiger partial charge < -0.3 is 10.4 Å². The third-order valence-corrected chi connectivity index (χ3v) is 3.01. The predicted molar refractivity (Wildman–Crippen MR) is 81.4 cm³/mol. The highest BCUT2D eigenvalue weighted by atomic mass is 19.1. The minimum Gasteiger partial charge on any atom is -0.395 e. The number of hydrogen-bond acceptors (Lipinski definition) is 2. The quantitative estimate of drug-likeness (QED) is 0.820. The van der Waals surface area contributed by atoms with Crippen molar-refractivity contribution in [2.45, 2.75) is 45.6 Å². The monoisotopic (exact) mass is 291 g/mol. The largest absolute Gasteiger partial charge is 0.395 e. The van der Waals surface area contributed by atoms with Gasteiger partial charge in [-0.3, -0.25) is 4.79 Å². The topological polar surface area (TPSA) is 49.3 Å². The second-order valence-corrected chi connectivity index (χ2v) is 5.55. The van der Waals surface area contributed by atoms with Crippen molar-refractivity contribution >= 4 is 5.91 Å². The maximum Gasteiger partial charge on any atom is 0.252 e. The van der Waals surface area contributed by atoms with E-state index in [2.05, 4.69) is 24.1 Å². The van der Waals surface area contributed by atoms with Crippen molar-refractivity contribution in [2.24, 2.45) is 0 Å². The molecule has 0 aliphatic rings. The second-order valence-electron chi connectivity index (χ2n) is 5.55. The van der Waals surface area contributed by atoms with E-state index in [-0.39, 0.29) is 18.1 Å². The van der Waals surface area contributed by atoms with Crippen LogP contribution in [0.15, 0.2) is 18.2 Å². The van der Waals surface area contributed by atoms with Gasteiger partial charge in [0, 0.05) is 17.5 Å². The molecule has 0 heterocycles. The summed E-state index contributed by atoms with van der Waals surface area (Å²) in [5.41, 5.74) is 0.370. The van der Waals surface area contributed by atoms with Crippen LogP contribution in [0, 0.1) is 17.7 Å². The highest BCUT2D eigenvalue weighted by molar-refractivity contribution is 5.97. The van der Waals surface area contributed by atoms with Crippen LogP contribution in [0.2, 0.25) is 0 Å². The first-order chi connectivity index (χ1) is 9.89. The van der Waals surface area contributed by atoms with Crippen molar-refractivity contribution in [1.82, 2.24) is 5.32 Å². The standard InChI is InChI=1S/C17H22FNO2/c1-4-10-17(2,3)19-16(21)15-9-8-14(18)12-13(15)7-5-6-11-20/h8-9,12,20H,4,6,10-11H2,1-3H3,(H,19,21). The minimum atomic E-state index is -0.437. The lowest BCUT2D eigenvalue weighted by atomic mass is 9.97. The molecule has 21 heavy (non-hydrogen) atoms. The van der Waals surface area contributed by atoms with Crippen molar-refractivity contribution in [3.8, 4) is 11.8 Å². The van der Waals surface area contributed by atoms with Gasteiger partial charge in [-0.25, -0.2) is 4.39 Å². The Morgan fingerprint density at radius 3 is 2.76 bits per heavy atom. The third-order valence-electron chi connectivity index (χ3n) is 3.01. The van der Waals surface area contributed by atoms with Gasteiger partial charge in [-0.15, -0.1) is 0 Å². The van der Waals surface area contributed by atoms with E-state index in [9.17, 15) is 9.18 Å². The molecule has 1 amide bonds. The summed E-state index contributed by atoms with van der Waals surface area (Å²) >= 11 is 0. The van der Waals surface area contributed by atoms with Crippen LogP contribution in [0.25, 0.3) is 0 Å². The van der Waals surface area contributed by atoms with Crippen LogP contribution in [0.4, 0.5) is 4.39 Å². The molecule has 3 nitrogen and oxygen atoms in total. The molecule has 0 aromatic heterocycles. The Hall–Kier alpha value is -1.86. The van der Waals surface area contributed by atoms with Crippen LogP contribution in [0.1, 0.15) is 56.0 Å². The van der Waals surface area contributed by atoms with Crippen LogP contribution in [-0.2, 0) is 0 Å². The molecule has 0 bridgehead atoms. The van der Waals surface area contributed by atoms with Crippen molar-refractivity contribution in [2.75, 3.05) is 6.61 Å². The Bertz CT molecular complexity index is 556. The summed E-state index contributed by atoms with van der Waals surface area (Å²) < 4.78 is 13.3. The molecule has 2 N–H and O–H groups in total. The van der Waals surface area contributed by atoms with Crippen LogP contribution < -0.4 is 5.32 Å². The highest BCUT2D eigenvalue weighted by Crippen LogP contribution is 2.15. The zero-order chi connectivity index (χ0) is 15.9. The molecule has 1 rings (SSSR count). The van der Waals surface area contributed by atoms with Crippen molar-refractivity contribution in [3.63, 3.8) is 0 Å². The van der Waals surface area contributed by atoms with E-state index in [1.54, 1.807) is 0 Å². The third kappa shape index (κ3) is 5.57. The number of halogens is 1. The average Bonchev–Trinajstić information content (AvgIpc) is 2.38. The summed E-state index contributed by atoms with van der Waals surface area (Å²) in [5, 5.41) is 11.7. The molecule has 0 radical (unpaired) electrons. The molecule has 0 fully saturated rings. The summed E-state index contributed by atoms with van der Waals surface area (Å²) in [6.07, 6.45) is 2.10. The van der Waals surface area contributed by atoms with Gasteiger partial charge in [-0.1, -0.05) is 25.2 Å². The van der Waals surface area contributed by atoms with Crippen LogP contribution in [0.3, 0.4) is 0 Å². The number of aliphatic hydroxyl groups excluding tert-OH is 1. The molecule has 0 saturated carbocycles. The summed E-state index contributed by atoms with van der Waals surface area (Å²) in [7, 11) is 0. The molecule has 4 heteroatoms. The van der Waals surface area contributed by atoms with E-state index in [1.807, 2.05) is 13.8 Å². The highest BCUT2D eigenvalue weighted by Gasteiger charge is 2.21. The number of hydrogen-bond donors (Lipinski definition) is 2. The average molecular weight is 291 g/mol. The van der Waals surface area contributed by atoms with Gasteiger partial charge in [0.1, 0.15) is 5.82 Å². The number of benzene rings is 1. The van der Waals surface area contributed by atoms with Crippen molar-refractivity contribution in [3.05, 3.63) is 35.1 Å². The van der Waals surface area contributed by atoms with E-state index < -0.39 is 5.82 Å². The molecule has 1 aromatic rings. The first-order valence-electron chi connectivity index (χ1n) is 7.11. The van der Waals surface area contributed by atoms with E-state index in [4.69, 9.17) is 5.11 Å². The fourth-order valence-corrected chi connectivity index (χ4v) is 2.09. The molecule has 0 spiro atoms. The summed E-state index contributed by atoms with van der Waals surface area (Å²) in [6.45, 7) is 5.90. The Kier molecular flexibility index (Phi) is 6.39. The van der Waals surface area contributed by atoms with Gasteiger partial charge in [0.25, 0.3) is 5.91 Å². The van der Waals surface area contributed by atoms with Crippen LogP contribution >= 0.6 is 0 Å². The van der Waals surface area contributed by atoms with E-state index in [1.165, 1.54) is 18.2 Å². The summed E-state index contributed by atoms with van der Waals surface area (Å²) in [4.78, 5) is 12.3. The van der Waals surface area contributed by atoms with Gasteiger partial charge >= 0.3 is 0 Å². The number of rotatable bonds is 5. The lowest BCUT2D eigenvalue weighted by molar-refractivity contribution is 0.0908. The zero-order valence-corrected chi connectivity index (χ0v) is 12.8. The van der Waals surface area contributed by atoms with Gasteiger partial charge in [-0.2, -0.15) is 0 Å². The van der Waals surface area contributed by atoms with Crippen molar-refractivity contribution < 1.29 is 14.3 Å². The van der Waals surface area contributed by atoms with Gasteiger partial charge in [-0.05, 0) is 38.5 Å². The molecule has 0 atom stereocenters. The van der Waals surface area contributed by atoms with Crippen molar-refractivity contribution in [1.29, 1.82) is 0 Å². The van der Waals surface area contributed by atoms with Gasteiger partial charge in [0.15, 0.2) is 0 Å². The molecule has 0 aliphatic heterocycles. The Labute approximate surface area is 125 Å². The maximum absolute atomic E-state index is 13.3. The number of nitrogens with one attached hydrogen (secondary N) is 1. The SMILES string of the molecule is CCCC(C)(C)NC(=O)c1ccc(F)cc1C#CCCO. The molecule has 0 aliphatic carbocycles. The molecule has 1 aromatic carbocycles. The predicted octanol–water partition coefficient (Wildman–Crippen LogP) is 2.87. The van der Waals surface area contributed by atoms with Gasteiger partial charge in [0.05, 0.1) is 12.2 Å². The molecule has 0 unspecified atom stereocenters. The zero-order valence-electron chi connectivity index (χ0n) is 12.8. The van der Waals surface area contributed by atoms with E-state index in [0.29, 0.717) is 17.5 Å². The lowest BCUT2D eigenvalue weighted by Gasteiger charge is -2.26. The fraction of sp³-hybridized carbons (Fsp3) is 0.471. The summed E-state index contributed by atoms with van der Waals surface area (Å²) in [6, 6.07) is 3.93. The number of amides is 1. The number of carbonyl (C=O) groups excluding carboxylic acids is 1. The molecule has 114 valence electrons. The van der Waals surface area contributed by atoms with E-state index >= 15 is 0 Å². The second kappa shape index (κ2) is 7.80. The van der Waals surface area contributed by atoms with Gasteiger partial charge in [0.2, 0.25) is 0 Å². The summed E-state index contributed by atoms with van der Waals surface area (Å²) in [5.74, 6) is 4.76. The Balaban J connectivity index is 3.01. The normalized spacial score (nSPS) is 10.7. The first-order valence-corrected chi connectivity index (χ1v) is 7.11. The van der Waals surface area contributed by atoms with Crippen LogP contribution in [-0.4, -0.2) is 23.2 Å². The first kappa shape index (κ1) is 17.2. The smallest absolute Gasteiger partial charge is 0.252 e. The molecular weight excluding hydrogens is 269 g/mol. The fourth-order valence-electron chi connectivity index (χ4n) is 2.09. The molecule has 0 saturated heterocycles. The maximum atomic E-state index is 13.3. The van der Waals surface area contributed by atoms with E-state index in [0.717, 1.165) is 12.8 Å². The Morgan fingerprint density at radius 2 is 2.14 bits per heavy atom. The number of carbonyl (C=O) groups is 1. The lowest BCUT2D eigenvalue weighted by Crippen LogP contribution is -2.43.